The van der Waals surface area contributed by atoms with Crippen LogP contribution in [0.5, 0.6) is 0 Å². The van der Waals surface area contributed by atoms with Gasteiger partial charge in [-0.25, -0.2) is 9.98 Å². The van der Waals surface area contributed by atoms with Crippen LogP contribution in [0.1, 0.15) is 35.3 Å². The second-order valence-electron chi connectivity index (χ2n) is 11.0. The minimum atomic E-state index is -0.283. The van der Waals surface area contributed by atoms with Gasteiger partial charge in [0.05, 0.1) is 5.71 Å². The van der Waals surface area contributed by atoms with Gasteiger partial charge in [0.15, 0.2) is 5.84 Å². The van der Waals surface area contributed by atoms with E-state index in [0.717, 1.165) is 44.8 Å². The molecule has 0 saturated heterocycles. The zero-order chi connectivity index (χ0) is 30.6. The lowest BCUT2D eigenvalue weighted by Gasteiger charge is -2.24. The van der Waals surface area contributed by atoms with Crippen LogP contribution in [-0.4, -0.2) is 17.4 Å². The highest BCUT2D eigenvalue weighted by molar-refractivity contribution is 6.13. The summed E-state index contributed by atoms with van der Waals surface area (Å²) in [5.41, 5.74) is 9.07. The summed E-state index contributed by atoms with van der Waals surface area (Å²) in [6, 6.07) is 50.3. The summed E-state index contributed by atoms with van der Waals surface area (Å²) in [4.78, 5) is 9.96. The van der Waals surface area contributed by atoms with Crippen molar-refractivity contribution in [3.05, 3.63) is 180 Å². The predicted molar refractivity (Wildman–Crippen MR) is 188 cm³/mol. The van der Waals surface area contributed by atoms with Gasteiger partial charge in [0.25, 0.3) is 0 Å². The van der Waals surface area contributed by atoms with Crippen LogP contribution in [0.3, 0.4) is 0 Å². The van der Waals surface area contributed by atoms with E-state index in [0.29, 0.717) is 11.5 Å². The van der Waals surface area contributed by atoms with Gasteiger partial charge < -0.3 is 10.7 Å². The van der Waals surface area contributed by atoms with E-state index in [-0.39, 0.29) is 6.17 Å². The minimum Gasteiger partial charge on any atom is -0.344 e. The molecule has 0 spiro atoms. The number of rotatable bonds is 7. The van der Waals surface area contributed by atoms with Crippen LogP contribution in [-0.2, 0) is 0 Å². The fourth-order valence-corrected chi connectivity index (χ4v) is 5.83. The van der Waals surface area contributed by atoms with Crippen molar-refractivity contribution in [3.8, 4) is 22.3 Å². The fourth-order valence-electron chi connectivity index (χ4n) is 5.83. The van der Waals surface area contributed by atoms with E-state index in [1.165, 1.54) is 16.3 Å². The lowest BCUT2D eigenvalue weighted by molar-refractivity contribution is 0.674. The van der Waals surface area contributed by atoms with Crippen LogP contribution in [0.4, 0.5) is 0 Å². The first kappa shape index (κ1) is 27.9. The molecule has 0 fully saturated rings. The number of benzene rings is 6. The molecule has 0 bridgehead atoms. The molecule has 1 aliphatic heterocycles. The lowest BCUT2D eigenvalue weighted by Crippen LogP contribution is -2.33. The van der Waals surface area contributed by atoms with Crippen LogP contribution in [0.2, 0.25) is 0 Å². The molecule has 0 saturated carbocycles. The molecule has 0 amide bonds. The normalized spacial score (nSPS) is 14.6. The van der Waals surface area contributed by atoms with Crippen LogP contribution < -0.4 is 5.32 Å². The molecule has 1 atom stereocenters. The Morgan fingerprint density at radius 1 is 0.644 bits per heavy atom. The van der Waals surface area contributed by atoms with E-state index >= 15 is 0 Å². The minimum absolute atomic E-state index is 0.283. The van der Waals surface area contributed by atoms with Gasteiger partial charge in [0.2, 0.25) is 0 Å². The Kier molecular flexibility index (Phi) is 7.69. The second-order valence-corrected chi connectivity index (χ2v) is 11.0. The monoisotopic (exact) mass is 580 g/mol. The topological polar surface area (TPSA) is 60.6 Å². The van der Waals surface area contributed by atoms with Gasteiger partial charge >= 0.3 is 0 Å². The Hall–Kier alpha value is -5.87. The lowest BCUT2D eigenvalue weighted by atomic mass is 9.89. The van der Waals surface area contributed by atoms with Gasteiger partial charge in [-0.2, -0.15) is 0 Å². The molecule has 1 unspecified atom stereocenters. The highest BCUT2D eigenvalue weighted by Gasteiger charge is 2.21. The summed E-state index contributed by atoms with van der Waals surface area (Å²) in [5, 5.41) is 14.3. The number of aliphatic imine (C=N–C) groups is 2. The quantitative estimate of drug-likeness (QED) is 0.182. The highest BCUT2D eigenvalue weighted by Crippen LogP contribution is 2.39. The summed E-state index contributed by atoms with van der Waals surface area (Å²) in [6.07, 6.45) is 3.43. The van der Waals surface area contributed by atoms with Crippen molar-refractivity contribution < 1.29 is 0 Å². The third kappa shape index (κ3) is 5.74. The van der Waals surface area contributed by atoms with E-state index in [2.05, 4.69) is 90.2 Å². The maximum absolute atomic E-state index is 8.31. The Bertz CT molecular complexity index is 2070. The van der Waals surface area contributed by atoms with Gasteiger partial charge in [-0.15, -0.1) is 0 Å². The van der Waals surface area contributed by atoms with E-state index in [4.69, 9.17) is 15.4 Å². The first-order valence-electron chi connectivity index (χ1n) is 15.2. The Balaban J connectivity index is 1.28. The zero-order valence-corrected chi connectivity index (χ0v) is 25.0. The average Bonchev–Trinajstić information content (AvgIpc) is 3.12. The summed E-state index contributed by atoms with van der Waals surface area (Å²) >= 11 is 0. The molecule has 6 aromatic rings. The summed E-state index contributed by atoms with van der Waals surface area (Å²) in [7, 11) is 0. The molecule has 0 radical (unpaired) electrons. The average molecular weight is 581 g/mol. The summed E-state index contributed by atoms with van der Waals surface area (Å²) in [6.45, 7) is 1.93. The zero-order valence-electron chi connectivity index (χ0n) is 25.0. The first-order chi connectivity index (χ1) is 22.2. The molecule has 1 heterocycles. The molecule has 2 N–H and O–H groups in total. The van der Waals surface area contributed by atoms with Crippen LogP contribution in [0, 0.1) is 5.41 Å². The van der Waals surface area contributed by atoms with Crippen molar-refractivity contribution in [2.45, 2.75) is 13.1 Å². The van der Waals surface area contributed by atoms with Crippen molar-refractivity contribution in [3.63, 3.8) is 0 Å². The van der Waals surface area contributed by atoms with Gasteiger partial charge in [-0.05, 0) is 57.2 Å². The molecule has 1 aliphatic rings. The largest absolute Gasteiger partial charge is 0.344 e. The smallest absolute Gasteiger partial charge is 0.159 e. The predicted octanol–water partition coefficient (Wildman–Crippen LogP) is 9.61. The molecule has 0 aromatic heterocycles. The van der Waals surface area contributed by atoms with E-state index < -0.39 is 0 Å². The fraction of sp³-hybridized carbons (Fsp3) is 0.0488. The Morgan fingerprint density at radius 2 is 1.29 bits per heavy atom. The molecule has 0 aliphatic carbocycles. The van der Waals surface area contributed by atoms with Crippen LogP contribution in [0.25, 0.3) is 33.0 Å². The number of nitrogens with zero attached hydrogens (tertiary/aromatic N) is 2. The molecular formula is C41H32N4. The standard InChI is InChI=1S/C41H32N4/c1-2-11-37(42)30-20-18-29(19-21-30)36-27-26-28-12-9-10-17-35(28)38(36)31-22-24-34(25-23-31)41-44-39(32-13-5-3-6-14-32)43-40(45-41)33-15-7-4-8-16-33/h2-27,41-42H,1H3,(H,43,44,45)/b11-2-,42-37?. The summed E-state index contributed by atoms with van der Waals surface area (Å²) in [5.74, 6) is 1.52. The maximum atomic E-state index is 8.31. The van der Waals surface area contributed by atoms with Gasteiger partial charge in [0, 0.05) is 11.1 Å². The number of hydrogen-bond donors (Lipinski definition) is 2. The Morgan fingerprint density at radius 3 is 2.00 bits per heavy atom. The molecule has 45 heavy (non-hydrogen) atoms. The third-order valence-corrected chi connectivity index (χ3v) is 8.11. The van der Waals surface area contributed by atoms with Crippen molar-refractivity contribution in [2.75, 3.05) is 0 Å². The van der Waals surface area contributed by atoms with Crippen molar-refractivity contribution in [1.29, 1.82) is 5.41 Å². The van der Waals surface area contributed by atoms with Gasteiger partial charge in [-0.1, -0.05) is 152 Å². The van der Waals surface area contributed by atoms with Crippen LogP contribution >= 0.6 is 0 Å². The highest BCUT2D eigenvalue weighted by atomic mass is 15.2. The molecular weight excluding hydrogens is 548 g/mol. The molecule has 6 aromatic carbocycles. The van der Waals surface area contributed by atoms with Gasteiger partial charge in [-0.3, -0.25) is 0 Å². The Labute approximate surface area is 263 Å². The molecule has 4 heteroatoms. The van der Waals surface area contributed by atoms with Gasteiger partial charge in [0.1, 0.15) is 12.0 Å². The third-order valence-electron chi connectivity index (χ3n) is 8.11. The maximum Gasteiger partial charge on any atom is 0.159 e. The first-order valence-corrected chi connectivity index (χ1v) is 15.2. The molecule has 4 nitrogen and oxygen atoms in total. The van der Waals surface area contributed by atoms with Crippen molar-refractivity contribution in [1.82, 2.24) is 5.32 Å². The van der Waals surface area contributed by atoms with E-state index in [9.17, 15) is 0 Å². The number of hydrogen-bond acceptors (Lipinski definition) is 4. The SMILES string of the molecule is C/C=C\C(=N)c1ccc(-c2ccc3ccccc3c2-c2ccc(C3N=C(c4ccccc4)N=C(c4ccccc4)N3)cc2)cc1. The van der Waals surface area contributed by atoms with Crippen LogP contribution in [0.15, 0.2) is 168 Å². The summed E-state index contributed by atoms with van der Waals surface area (Å²) < 4.78 is 0. The number of fused-ring (bicyclic) bond motifs is 1. The van der Waals surface area contributed by atoms with Crippen molar-refractivity contribution in [2.24, 2.45) is 9.98 Å². The van der Waals surface area contributed by atoms with Crippen molar-refractivity contribution >= 4 is 28.2 Å². The molecule has 7 rings (SSSR count). The molecule has 216 valence electrons. The number of nitrogens with one attached hydrogen (secondary N) is 2. The van der Waals surface area contributed by atoms with E-state index in [1.54, 1.807) is 0 Å². The number of amidine groups is 2. The second kappa shape index (κ2) is 12.4. The van der Waals surface area contributed by atoms with E-state index in [1.807, 2.05) is 79.7 Å². The number of allylic oxidation sites excluding steroid dienone is 2.